The Morgan fingerprint density at radius 2 is 1.79 bits per heavy atom. The fraction of sp³-hybridized carbons (Fsp3) is 0.0952. The second-order valence-electron chi connectivity index (χ2n) is 6.37. The summed E-state index contributed by atoms with van der Waals surface area (Å²) < 4.78 is 17.1. The third-order valence-electron chi connectivity index (χ3n) is 4.39. The number of imidazole rings is 1. The molecule has 0 N–H and O–H groups in total. The zero-order valence-corrected chi connectivity index (χ0v) is 16.7. The zero-order chi connectivity index (χ0) is 20.4. The first-order valence-electron chi connectivity index (χ1n) is 8.80. The van der Waals surface area contributed by atoms with Gasteiger partial charge in [-0.1, -0.05) is 11.6 Å². The van der Waals surface area contributed by atoms with Crippen molar-refractivity contribution in [3.05, 3.63) is 98.3 Å². The summed E-state index contributed by atoms with van der Waals surface area (Å²) in [7, 11) is 0. The van der Waals surface area contributed by atoms with Crippen molar-refractivity contribution >= 4 is 28.7 Å². The first-order chi connectivity index (χ1) is 14.0. The van der Waals surface area contributed by atoms with E-state index in [1.165, 1.54) is 22.0 Å². The van der Waals surface area contributed by atoms with Gasteiger partial charge in [0.2, 0.25) is 0 Å². The van der Waals surface area contributed by atoms with Crippen LogP contribution < -0.4 is 5.56 Å². The minimum atomic E-state index is -0.479. The normalized spacial score (nSPS) is 11.0. The second-order valence-corrected chi connectivity index (χ2v) is 8.09. The molecule has 0 saturated heterocycles. The Kier molecular flexibility index (Phi) is 5.42. The van der Waals surface area contributed by atoms with Crippen LogP contribution in [0.3, 0.4) is 0 Å². The van der Waals surface area contributed by atoms with E-state index in [4.69, 9.17) is 11.6 Å². The van der Waals surface area contributed by atoms with Crippen LogP contribution in [0.4, 0.5) is 4.39 Å². The molecule has 1 aromatic carbocycles. The van der Waals surface area contributed by atoms with Crippen LogP contribution in [0.1, 0.15) is 21.8 Å². The Hall–Kier alpha value is -3.03. The fourth-order valence-electron chi connectivity index (χ4n) is 2.91. The highest BCUT2D eigenvalue weighted by Crippen LogP contribution is 2.23. The number of aryl methyl sites for hydroxylation is 1. The first kappa shape index (κ1) is 19.3. The summed E-state index contributed by atoms with van der Waals surface area (Å²) >= 11 is 7.15. The number of halogens is 2. The highest BCUT2D eigenvalue weighted by Gasteiger charge is 2.10. The second kappa shape index (κ2) is 8.14. The SMILES string of the molecule is O=C(CCc1cn(-c2ccc(-n3cc(F)ccc3=O)cc2)cn1)c1ccc(Cl)s1. The number of nitrogens with zero attached hydrogens (tertiary/aromatic N) is 3. The molecule has 0 spiro atoms. The lowest BCUT2D eigenvalue weighted by molar-refractivity contribution is 0.0986. The smallest absolute Gasteiger partial charge is 0.255 e. The topological polar surface area (TPSA) is 56.9 Å². The molecule has 0 unspecified atom stereocenters. The first-order valence-corrected chi connectivity index (χ1v) is 9.99. The number of Topliss-reactive ketones (excluding diaryl/α,β-unsaturated/α-hetero) is 1. The number of hydrogen-bond acceptors (Lipinski definition) is 4. The van der Waals surface area contributed by atoms with Gasteiger partial charge in [0.1, 0.15) is 5.82 Å². The zero-order valence-electron chi connectivity index (χ0n) is 15.1. The van der Waals surface area contributed by atoms with Crippen LogP contribution in [-0.4, -0.2) is 19.9 Å². The lowest BCUT2D eigenvalue weighted by atomic mass is 10.1. The van der Waals surface area contributed by atoms with E-state index in [1.54, 1.807) is 30.6 Å². The molecule has 0 saturated carbocycles. The predicted octanol–water partition coefficient (Wildman–Crippen LogP) is 4.69. The molecule has 0 aliphatic carbocycles. The van der Waals surface area contributed by atoms with Gasteiger partial charge in [-0.15, -0.1) is 11.3 Å². The van der Waals surface area contributed by atoms with Gasteiger partial charge in [0.25, 0.3) is 5.56 Å². The Bertz CT molecular complexity index is 1230. The number of benzene rings is 1. The number of carbonyl (C=O) groups excluding carboxylic acids is 1. The number of aromatic nitrogens is 3. The highest BCUT2D eigenvalue weighted by atomic mass is 35.5. The molecule has 146 valence electrons. The average Bonchev–Trinajstić information content (AvgIpc) is 3.37. The standard InChI is InChI=1S/C21H15ClFN3O2S/c22-20-9-8-19(29-20)18(27)7-2-15-12-25(13-24-15)16-3-5-17(6-4-16)26-11-14(23)1-10-21(26)28/h1,3-6,8-13H,2,7H2. The molecular weight excluding hydrogens is 413 g/mol. The summed E-state index contributed by atoms with van der Waals surface area (Å²) in [5.41, 5.74) is 1.90. The van der Waals surface area contributed by atoms with Crippen LogP contribution in [0, 0.1) is 5.82 Å². The Labute approximate surface area is 174 Å². The van der Waals surface area contributed by atoms with E-state index in [2.05, 4.69) is 4.98 Å². The number of thiophene rings is 1. The van der Waals surface area contributed by atoms with Gasteiger partial charge in [-0.25, -0.2) is 9.37 Å². The van der Waals surface area contributed by atoms with Gasteiger partial charge in [-0.3, -0.25) is 14.2 Å². The molecule has 8 heteroatoms. The monoisotopic (exact) mass is 427 g/mol. The predicted molar refractivity (Wildman–Crippen MR) is 111 cm³/mol. The third-order valence-corrected chi connectivity index (χ3v) is 5.67. The summed E-state index contributed by atoms with van der Waals surface area (Å²) in [5, 5.41) is 0. The van der Waals surface area contributed by atoms with E-state index in [9.17, 15) is 14.0 Å². The maximum Gasteiger partial charge on any atom is 0.255 e. The van der Waals surface area contributed by atoms with Crippen LogP contribution in [0.15, 0.2) is 72.0 Å². The summed E-state index contributed by atoms with van der Waals surface area (Å²) in [4.78, 5) is 29.1. The van der Waals surface area contributed by atoms with E-state index >= 15 is 0 Å². The highest BCUT2D eigenvalue weighted by molar-refractivity contribution is 7.18. The quantitative estimate of drug-likeness (QED) is 0.419. The van der Waals surface area contributed by atoms with Gasteiger partial charge >= 0.3 is 0 Å². The van der Waals surface area contributed by atoms with Crippen molar-refractivity contribution < 1.29 is 9.18 Å². The van der Waals surface area contributed by atoms with Crippen LogP contribution in [0.25, 0.3) is 11.4 Å². The molecule has 4 rings (SSSR count). The molecule has 5 nitrogen and oxygen atoms in total. The molecule has 4 aromatic rings. The number of ketones is 1. The van der Waals surface area contributed by atoms with Gasteiger partial charge < -0.3 is 4.57 Å². The molecular formula is C21H15ClFN3O2S. The van der Waals surface area contributed by atoms with Crippen LogP contribution in [-0.2, 0) is 6.42 Å². The summed E-state index contributed by atoms with van der Waals surface area (Å²) in [6, 6.07) is 12.9. The van der Waals surface area contributed by atoms with Crippen molar-refractivity contribution in [1.82, 2.24) is 14.1 Å². The van der Waals surface area contributed by atoms with E-state index < -0.39 is 5.82 Å². The van der Waals surface area contributed by atoms with E-state index in [1.807, 2.05) is 22.9 Å². The minimum Gasteiger partial charge on any atom is -0.306 e. The van der Waals surface area contributed by atoms with Crippen LogP contribution in [0.2, 0.25) is 4.34 Å². The van der Waals surface area contributed by atoms with Gasteiger partial charge in [-0.05, 0) is 48.9 Å². The Morgan fingerprint density at radius 1 is 1.03 bits per heavy atom. The van der Waals surface area contributed by atoms with Crippen LogP contribution in [0.5, 0.6) is 0 Å². The maximum absolute atomic E-state index is 13.4. The van der Waals surface area contributed by atoms with Gasteiger partial charge in [0.15, 0.2) is 5.78 Å². The number of hydrogen-bond donors (Lipinski definition) is 0. The van der Waals surface area contributed by atoms with Crippen molar-refractivity contribution in [2.75, 3.05) is 0 Å². The molecule has 0 radical (unpaired) electrons. The number of pyridine rings is 1. The van der Waals surface area contributed by atoms with E-state index in [0.29, 0.717) is 27.7 Å². The molecule has 3 heterocycles. The molecule has 3 aromatic heterocycles. The van der Waals surface area contributed by atoms with Gasteiger partial charge in [-0.2, -0.15) is 0 Å². The molecule has 0 bridgehead atoms. The molecule has 0 atom stereocenters. The largest absolute Gasteiger partial charge is 0.306 e. The summed E-state index contributed by atoms with van der Waals surface area (Å²) in [6.45, 7) is 0. The summed E-state index contributed by atoms with van der Waals surface area (Å²) in [5.74, 6) is -0.436. The van der Waals surface area contributed by atoms with Gasteiger partial charge in [0.05, 0.1) is 21.2 Å². The average molecular weight is 428 g/mol. The number of carbonyl (C=O) groups is 1. The van der Waals surface area contributed by atoms with E-state index in [-0.39, 0.29) is 11.3 Å². The molecule has 0 fully saturated rings. The molecule has 29 heavy (non-hydrogen) atoms. The summed E-state index contributed by atoms with van der Waals surface area (Å²) in [6.07, 6.45) is 5.57. The van der Waals surface area contributed by atoms with E-state index in [0.717, 1.165) is 23.6 Å². The van der Waals surface area contributed by atoms with Crippen molar-refractivity contribution in [3.8, 4) is 11.4 Å². The minimum absolute atomic E-state index is 0.0429. The van der Waals surface area contributed by atoms with Crippen molar-refractivity contribution in [2.45, 2.75) is 12.8 Å². The molecule has 0 aliphatic heterocycles. The third kappa shape index (κ3) is 4.36. The lowest BCUT2D eigenvalue weighted by Crippen LogP contribution is -2.16. The lowest BCUT2D eigenvalue weighted by Gasteiger charge is -2.07. The molecule has 0 aliphatic rings. The number of rotatable bonds is 6. The molecule has 0 amide bonds. The van der Waals surface area contributed by atoms with Crippen LogP contribution >= 0.6 is 22.9 Å². The Morgan fingerprint density at radius 3 is 2.52 bits per heavy atom. The van der Waals surface area contributed by atoms with Crippen molar-refractivity contribution in [3.63, 3.8) is 0 Å². The van der Waals surface area contributed by atoms with Gasteiger partial charge in [0, 0.05) is 36.3 Å². The fourth-order valence-corrected chi connectivity index (χ4v) is 3.92. The Balaban J connectivity index is 1.46. The van der Waals surface area contributed by atoms with Crippen molar-refractivity contribution in [2.24, 2.45) is 0 Å². The van der Waals surface area contributed by atoms with Crippen molar-refractivity contribution in [1.29, 1.82) is 0 Å². The maximum atomic E-state index is 13.4.